The van der Waals surface area contributed by atoms with Crippen LogP contribution in [0.5, 0.6) is 5.75 Å². The molecule has 0 aromatic heterocycles. The smallest absolute Gasteiger partial charge is 0.134 e. The molecule has 0 aliphatic heterocycles. The first kappa shape index (κ1) is 12.2. The Bertz CT molecular complexity index is 352. The molecule has 3 nitrogen and oxygen atoms in total. The molecular weight excluding hydrogens is 210 g/mol. The van der Waals surface area contributed by atoms with Gasteiger partial charge >= 0.3 is 0 Å². The molecule has 0 bridgehead atoms. The maximum atomic E-state index is 12.1. The van der Waals surface area contributed by atoms with Crippen LogP contribution in [0.2, 0.25) is 0 Å². The lowest BCUT2D eigenvalue weighted by Gasteiger charge is -2.16. The fraction of sp³-hybridized carbons (Fsp3) is 0.455. The molecule has 0 fully saturated rings. The third kappa shape index (κ3) is 2.79. The van der Waals surface area contributed by atoms with E-state index < -0.39 is 10.8 Å². The van der Waals surface area contributed by atoms with Crippen molar-refractivity contribution < 1.29 is 8.95 Å². The van der Waals surface area contributed by atoms with Crippen LogP contribution in [0.3, 0.4) is 0 Å². The maximum absolute atomic E-state index is 12.1. The van der Waals surface area contributed by atoms with E-state index in [1.165, 1.54) is 0 Å². The number of para-hydroxylation sites is 1. The molecule has 0 spiro atoms. The van der Waals surface area contributed by atoms with Crippen molar-refractivity contribution in [3.8, 4) is 5.75 Å². The summed E-state index contributed by atoms with van der Waals surface area (Å²) in [5.41, 5.74) is 5.73. The molecule has 0 heterocycles. The van der Waals surface area contributed by atoms with E-state index in [1.54, 1.807) is 13.2 Å². The van der Waals surface area contributed by atoms with Gasteiger partial charge in [0, 0.05) is 6.04 Å². The Morgan fingerprint density at radius 3 is 2.47 bits per heavy atom. The molecule has 3 atom stereocenters. The molecule has 0 amide bonds. The van der Waals surface area contributed by atoms with Crippen LogP contribution in [0.25, 0.3) is 0 Å². The summed E-state index contributed by atoms with van der Waals surface area (Å²) in [6, 6.07) is 7.23. The molecule has 0 aliphatic carbocycles. The second-order valence-corrected chi connectivity index (χ2v) is 5.29. The predicted octanol–water partition coefficient (Wildman–Crippen LogP) is 1.54. The Hall–Kier alpha value is -0.870. The maximum Gasteiger partial charge on any atom is 0.134 e. The highest BCUT2D eigenvalue weighted by atomic mass is 32.2. The largest absolute Gasteiger partial charge is 0.495 e. The Morgan fingerprint density at radius 1 is 1.33 bits per heavy atom. The van der Waals surface area contributed by atoms with Gasteiger partial charge in [0.2, 0.25) is 0 Å². The van der Waals surface area contributed by atoms with E-state index in [0.29, 0.717) is 10.6 Å². The summed E-state index contributed by atoms with van der Waals surface area (Å²) in [5, 5.41) is -0.0821. The lowest BCUT2D eigenvalue weighted by atomic mass is 10.3. The van der Waals surface area contributed by atoms with Gasteiger partial charge in [-0.15, -0.1) is 0 Å². The van der Waals surface area contributed by atoms with E-state index in [9.17, 15) is 4.21 Å². The fourth-order valence-electron chi connectivity index (χ4n) is 1.18. The first-order valence-corrected chi connectivity index (χ1v) is 6.08. The number of hydrogen-bond donors (Lipinski definition) is 1. The average Bonchev–Trinajstić information content (AvgIpc) is 2.26. The standard InChI is InChI=1S/C11H17NO2S/c1-8(12)9(2)15(13)11-7-5-4-6-10(11)14-3/h4-9H,12H2,1-3H3. The number of nitrogens with two attached hydrogens (primary N) is 1. The molecule has 0 saturated carbocycles. The summed E-state index contributed by atoms with van der Waals surface area (Å²) in [5.74, 6) is 0.656. The van der Waals surface area contributed by atoms with Gasteiger partial charge in [-0.2, -0.15) is 0 Å². The molecule has 2 N–H and O–H groups in total. The molecule has 1 rings (SSSR count). The van der Waals surface area contributed by atoms with Crippen molar-refractivity contribution in [1.29, 1.82) is 0 Å². The Balaban J connectivity index is 3.00. The molecule has 0 radical (unpaired) electrons. The minimum absolute atomic E-state index is 0.0821. The zero-order valence-electron chi connectivity index (χ0n) is 9.27. The normalized spacial score (nSPS) is 16.8. The second kappa shape index (κ2) is 5.28. The highest BCUT2D eigenvalue weighted by Gasteiger charge is 2.19. The van der Waals surface area contributed by atoms with Crippen LogP contribution in [0.1, 0.15) is 13.8 Å². The fourth-order valence-corrected chi connectivity index (χ4v) is 2.53. The van der Waals surface area contributed by atoms with E-state index in [-0.39, 0.29) is 11.3 Å². The summed E-state index contributed by atoms with van der Waals surface area (Å²) in [6.45, 7) is 3.74. The Kier molecular flexibility index (Phi) is 4.29. The molecule has 1 aromatic rings. The molecule has 3 unspecified atom stereocenters. The van der Waals surface area contributed by atoms with Gasteiger partial charge in [0.15, 0.2) is 0 Å². The Labute approximate surface area is 93.1 Å². The summed E-state index contributed by atoms with van der Waals surface area (Å²) in [7, 11) is 0.456. The van der Waals surface area contributed by atoms with E-state index in [2.05, 4.69) is 0 Å². The molecule has 1 aromatic carbocycles. The predicted molar refractivity (Wildman–Crippen MR) is 62.5 cm³/mol. The van der Waals surface area contributed by atoms with Crippen LogP contribution in [-0.4, -0.2) is 22.6 Å². The highest BCUT2D eigenvalue weighted by Crippen LogP contribution is 2.24. The highest BCUT2D eigenvalue weighted by molar-refractivity contribution is 7.85. The van der Waals surface area contributed by atoms with E-state index in [0.717, 1.165) is 0 Å². The lowest BCUT2D eigenvalue weighted by Crippen LogP contribution is -2.32. The number of benzene rings is 1. The quantitative estimate of drug-likeness (QED) is 0.849. The van der Waals surface area contributed by atoms with Gasteiger partial charge in [-0.05, 0) is 26.0 Å². The van der Waals surface area contributed by atoms with Crippen molar-refractivity contribution >= 4 is 10.8 Å². The van der Waals surface area contributed by atoms with Gasteiger partial charge in [0.25, 0.3) is 0 Å². The third-order valence-corrected chi connectivity index (χ3v) is 4.24. The molecular formula is C11H17NO2S. The van der Waals surface area contributed by atoms with Gasteiger partial charge in [-0.1, -0.05) is 12.1 Å². The first-order chi connectivity index (χ1) is 7.07. The number of ether oxygens (including phenoxy) is 1. The monoisotopic (exact) mass is 227 g/mol. The average molecular weight is 227 g/mol. The molecule has 15 heavy (non-hydrogen) atoms. The van der Waals surface area contributed by atoms with Gasteiger partial charge < -0.3 is 10.5 Å². The topological polar surface area (TPSA) is 52.3 Å². The van der Waals surface area contributed by atoms with Gasteiger partial charge in [-0.25, -0.2) is 0 Å². The van der Waals surface area contributed by atoms with Crippen LogP contribution in [-0.2, 0) is 10.8 Å². The van der Waals surface area contributed by atoms with Crippen molar-refractivity contribution in [3.05, 3.63) is 24.3 Å². The van der Waals surface area contributed by atoms with Crippen molar-refractivity contribution in [1.82, 2.24) is 0 Å². The summed E-state index contributed by atoms with van der Waals surface area (Å²) >= 11 is 0. The minimum atomic E-state index is -1.12. The van der Waals surface area contributed by atoms with Crippen LogP contribution < -0.4 is 10.5 Å². The minimum Gasteiger partial charge on any atom is -0.495 e. The van der Waals surface area contributed by atoms with Crippen molar-refractivity contribution in [2.24, 2.45) is 5.73 Å². The third-order valence-electron chi connectivity index (χ3n) is 2.36. The van der Waals surface area contributed by atoms with Crippen molar-refractivity contribution in [2.45, 2.75) is 30.0 Å². The summed E-state index contributed by atoms with van der Waals surface area (Å²) < 4.78 is 17.3. The Morgan fingerprint density at radius 2 is 1.93 bits per heavy atom. The zero-order valence-corrected chi connectivity index (χ0v) is 10.1. The van der Waals surface area contributed by atoms with Gasteiger partial charge in [0.05, 0.1) is 28.1 Å². The summed E-state index contributed by atoms with van der Waals surface area (Å²) in [4.78, 5) is 0.713. The first-order valence-electron chi connectivity index (χ1n) is 4.87. The van der Waals surface area contributed by atoms with Crippen LogP contribution in [0, 0.1) is 0 Å². The van der Waals surface area contributed by atoms with Crippen LogP contribution in [0.15, 0.2) is 29.2 Å². The lowest BCUT2D eigenvalue weighted by molar-refractivity contribution is 0.404. The second-order valence-electron chi connectivity index (χ2n) is 3.51. The van der Waals surface area contributed by atoms with Crippen LogP contribution >= 0.6 is 0 Å². The molecule has 84 valence electrons. The zero-order chi connectivity index (χ0) is 11.4. The van der Waals surface area contributed by atoms with E-state index >= 15 is 0 Å². The number of rotatable bonds is 4. The number of hydrogen-bond acceptors (Lipinski definition) is 3. The summed E-state index contributed by atoms with van der Waals surface area (Å²) in [6.07, 6.45) is 0. The van der Waals surface area contributed by atoms with Gasteiger partial charge in [0.1, 0.15) is 5.75 Å². The molecule has 4 heteroatoms. The SMILES string of the molecule is COc1ccccc1S(=O)C(C)C(C)N. The van der Waals surface area contributed by atoms with E-state index in [1.807, 2.05) is 32.0 Å². The van der Waals surface area contributed by atoms with E-state index in [4.69, 9.17) is 10.5 Å². The molecule has 0 saturated heterocycles. The van der Waals surface area contributed by atoms with Crippen LogP contribution in [0.4, 0.5) is 0 Å². The van der Waals surface area contributed by atoms with Gasteiger partial charge in [-0.3, -0.25) is 4.21 Å². The molecule has 0 aliphatic rings. The van der Waals surface area contributed by atoms with Crippen molar-refractivity contribution in [3.63, 3.8) is 0 Å². The number of methoxy groups -OCH3 is 1. The van der Waals surface area contributed by atoms with Crippen molar-refractivity contribution in [2.75, 3.05) is 7.11 Å².